The normalized spacial score (nSPS) is 13.5. The van der Waals surface area contributed by atoms with Crippen LogP contribution in [0.4, 0.5) is 9.18 Å². The van der Waals surface area contributed by atoms with E-state index in [0.29, 0.717) is 18.6 Å². The van der Waals surface area contributed by atoms with E-state index in [2.05, 4.69) is 4.99 Å². The summed E-state index contributed by atoms with van der Waals surface area (Å²) in [6, 6.07) is 3.28. The molecular formula is C20H30FNO5S. The zero-order chi connectivity index (χ0) is 21.8. The van der Waals surface area contributed by atoms with E-state index in [0.717, 1.165) is 18.2 Å². The predicted molar refractivity (Wildman–Crippen MR) is 108 cm³/mol. The Morgan fingerprint density at radius 1 is 1.21 bits per heavy atom. The van der Waals surface area contributed by atoms with Gasteiger partial charge in [-0.1, -0.05) is 27.2 Å². The van der Waals surface area contributed by atoms with Gasteiger partial charge in [-0.3, -0.25) is 0 Å². The first-order valence-corrected chi connectivity index (χ1v) is 11.0. The number of carbonyl (C=O) groups excluding carboxylic acids is 1. The maximum absolute atomic E-state index is 13.9. The van der Waals surface area contributed by atoms with E-state index in [-0.39, 0.29) is 17.1 Å². The van der Waals surface area contributed by atoms with E-state index in [1.165, 1.54) is 0 Å². The molecule has 158 valence electrons. The van der Waals surface area contributed by atoms with E-state index in [1.807, 2.05) is 6.92 Å². The highest BCUT2D eigenvalue weighted by atomic mass is 32.2. The second-order valence-corrected chi connectivity index (χ2v) is 10.5. The molecule has 0 spiro atoms. The number of phenols is 1. The minimum absolute atomic E-state index is 0.100. The lowest BCUT2D eigenvalue weighted by molar-refractivity contribution is 0.0602. The summed E-state index contributed by atoms with van der Waals surface area (Å²) in [7, 11) is -3.75. The number of carbonyl (C=O) groups is 1. The molecule has 0 saturated heterocycles. The summed E-state index contributed by atoms with van der Waals surface area (Å²) in [6.45, 7) is 10.4. The first-order valence-electron chi connectivity index (χ1n) is 9.14. The van der Waals surface area contributed by atoms with Crippen molar-refractivity contribution in [2.75, 3.05) is 5.75 Å². The molecule has 0 aliphatic carbocycles. The molecule has 1 N–H and O–H groups in total. The molecule has 0 atom stereocenters. The van der Waals surface area contributed by atoms with Crippen LogP contribution in [0.15, 0.2) is 23.2 Å². The molecule has 0 saturated carbocycles. The van der Waals surface area contributed by atoms with E-state index in [1.54, 1.807) is 34.6 Å². The third kappa shape index (κ3) is 7.96. The molecule has 1 rings (SSSR count). The molecule has 0 aliphatic rings. The van der Waals surface area contributed by atoms with Gasteiger partial charge in [0.2, 0.25) is 0 Å². The maximum Gasteiger partial charge on any atom is 0.434 e. The number of nitrogens with zero attached hydrogens (tertiary/aromatic N) is 1. The number of halogens is 1. The highest BCUT2D eigenvalue weighted by Gasteiger charge is 2.32. The van der Waals surface area contributed by atoms with Crippen LogP contribution in [-0.2, 0) is 20.3 Å². The Hall–Kier alpha value is -1.96. The summed E-state index contributed by atoms with van der Waals surface area (Å²) >= 11 is 0. The quantitative estimate of drug-likeness (QED) is 0.655. The van der Waals surface area contributed by atoms with Crippen LogP contribution in [0.1, 0.15) is 59.9 Å². The summed E-state index contributed by atoms with van der Waals surface area (Å²) in [5.74, 6) is -1.78. The second-order valence-electron chi connectivity index (χ2n) is 8.48. The fourth-order valence-corrected chi connectivity index (χ4v) is 4.83. The first-order chi connectivity index (χ1) is 12.6. The van der Waals surface area contributed by atoms with Crippen molar-refractivity contribution in [1.82, 2.24) is 0 Å². The van der Waals surface area contributed by atoms with Gasteiger partial charge in [-0.25, -0.2) is 17.6 Å². The molecule has 1 aromatic rings. The van der Waals surface area contributed by atoms with E-state index in [4.69, 9.17) is 4.74 Å². The van der Waals surface area contributed by atoms with Gasteiger partial charge in [0.05, 0.1) is 11.5 Å². The van der Waals surface area contributed by atoms with Crippen molar-refractivity contribution in [3.63, 3.8) is 0 Å². The Kier molecular flexibility index (Phi) is 7.76. The van der Waals surface area contributed by atoms with Gasteiger partial charge in [-0.2, -0.15) is 4.99 Å². The maximum atomic E-state index is 13.9. The number of benzene rings is 1. The van der Waals surface area contributed by atoms with Crippen LogP contribution in [0, 0.1) is 11.2 Å². The molecule has 0 fully saturated rings. The van der Waals surface area contributed by atoms with Gasteiger partial charge in [0.15, 0.2) is 9.84 Å². The number of amides is 1. The van der Waals surface area contributed by atoms with Crippen LogP contribution in [0.5, 0.6) is 5.75 Å². The number of aliphatic imine (C=N–C) groups is 1. The van der Waals surface area contributed by atoms with Crippen molar-refractivity contribution >= 4 is 21.6 Å². The Balaban J connectivity index is 3.09. The number of sulfone groups is 1. The summed E-state index contributed by atoms with van der Waals surface area (Å²) < 4.78 is 44.5. The molecule has 0 radical (unpaired) electrons. The number of hydrogen-bond acceptors (Lipinski definition) is 5. The second kappa shape index (κ2) is 9.03. The SMILES string of the molecule is CCCC(=NC(=O)OC(C)(C)C)C(C)(C)CS(=O)(=O)Cc1cc(O)ccc1F. The number of aromatic hydroxyl groups is 1. The van der Waals surface area contributed by atoms with E-state index in [9.17, 15) is 22.7 Å². The van der Waals surface area contributed by atoms with Crippen LogP contribution in [0.3, 0.4) is 0 Å². The van der Waals surface area contributed by atoms with Crippen LogP contribution in [-0.4, -0.2) is 36.7 Å². The molecule has 0 heterocycles. The van der Waals surface area contributed by atoms with Crippen LogP contribution in [0.2, 0.25) is 0 Å². The first kappa shape index (κ1) is 24.1. The fourth-order valence-electron chi connectivity index (χ4n) is 2.77. The molecular weight excluding hydrogens is 385 g/mol. The smallest absolute Gasteiger partial charge is 0.434 e. The summed E-state index contributed by atoms with van der Waals surface area (Å²) in [5.41, 5.74) is -1.33. The van der Waals surface area contributed by atoms with Crippen molar-refractivity contribution in [3.05, 3.63) is 29.6 Å². The minimum Gasteiger partial charge on any atom is -0.508 e. The largest absolute Gasteiger partial charge is 0.508 e. The van der Waals surface area contributed by atoms with Gasteiger partial charge in [0.1, 0.15) is 17.2 Å². The average Bonchev–Trinajstić information content (AvgIpc) is 2.47. The molecule has 0 bridgehead atoms. The average molecular weight is 416 g/mol. The predicted octanol–water partition coefficient (Wildman–Crippen LogP) is 4.65. The number of phenolic OH excluding ortho intramolecular Hbond substituents is 1. The highest BCUT2D eigenvalue weighted by molar-refractivity contribution is 7.90. The van der Waals surface area contributed by atoms with Crippen molar-refractivity contribution in [2.45, 2.75) is 65.7 Å². The van der Waals surface area contributed by atoms with Crippen molar-refractivity contribution < 1.29 is 27.4 Å². The molecule has 1 amide bonds. The van der Waals surface area contributed by atoms with Crippen LogP contribution < -0.4 is 0 Å². The Labute approximate surface area is 166 Å². The Morgan fingerprint density at radius 3 is 2.36 bits per heavy atom. The van der Waals surface area contributed by atoms with Crippen molar-refractivity contribution in [3.8, 4) is 5.75 Å². The van der Waals surface area contributed by atoms with Gasteiger partial charge < -0.3 is 9.84 Å². The molecule has 0 aromatic heterocycles. The zero-order valence-electron chi connectivity index (χ0n) is 17.4. The van der Waals surface area contributed by atoms with Gasteiger partial charge in [0, 0.05) is 16.7 Å². The molecule has 0 unspecified atom stereocenters. The number of rotatable bonds is 7. The van der Waals surface area contributed by atoms with Gasteiger partial charge >= 0.3 is 6.09 Å². The fraction of sp³-hybridized carbons (Fsp3) is 0.600. The molecule has 8 heteroatoms. The van der Waals surface area contributed by atoms with E-state index < -0.39 is 38.5 Å². The third-order valence-electron chi connectivity index (χ3n) is 3.87. The molecule has 6 nitrogen and oxygen atoms in total. The summed E-state index contributed by atoms with van der Waals surface area (Å²) in [6.07, 6.45) is 0.342. The lowest BCUT2D eigenvalue weighted by Crippen LogP contribution is -2.34. The molecule has 0 aliphatic heterocycles. The summed E-state index contributed by atoms with van der Waals surface area (Å²) in [4.78, 5) is 16.1. The van der Waals surface area contributed by atoms with Gasteiger partial charge in [-0.05, 0) is 45.4 Å². The van der Waals surface area contributed by atoms with Gasteiger partial charge in [0.25, 0.3) is 0 Å². The lowest BCUT2D eigenvalue weighted by atomic mass is 9.87. The Morgan fingerprint density at radius 2 is 1.82 bits per heavy atom. The van der Waals surface area contributed by atoms with Crippen molar-refractivity contribution in [2.24, 2.45) is 10.4 Å². The summed E-state index contributed by atoms with van der Waals surface area (Å²) in [5, 5.41) is 9.49. The van der Waals surface area contributed by atoms with Crippen LogP contribution >= 0.6 is 0 Å². The zero-order valence-corrected chi connectivity index (χ0v) is 18.2. The number of ether oxygens (including phenoxy) is 1. The Bertz CT molecular complexity index is 839. The van der Waals surface area contributed by atoms with E-state index >= 15 is 0 Å². The highest BCUT2D eigenvalue weighted by Crippen LogP contribution is 2.27. The standard InChI is InChI=1S/C20H30FNO5S/c1-7-8-17(22-18(24)27-19(2,3)4)20(5,6)13-28(25,26)12-14-11-15(23)9-10-16(14)21/h9-11,23H,7-8,12-13H2,1-6H3. The van der Waals surface area contributed by atoms with Crippen LogP contribution in [0.25, 0.3) is 0 Å². The third-order valence-corrected chi connectivity index (χ3v) is 5.79. The van der Waals surface area contributed by atoms with Crippen molar-refractivity contribution in [1.29, 1.82) is 0 Å². The van der Waals surface area contributed by atoms with Gasteiger partial charge in [-0.15, -0.1) is 0 Å². The molecule has 28 heavy (non-hydrogen) atoms. The minimum atomic E-state index is -3.75. The molecule has 1 aromatic carbocycles. The lowest BCUT2D eigenvalue weighted by Gasteiger charge is -2.27. The monoisotopic (exact) mass is 415 g/mol. The topological polar surface area (TPSA) is 93.0 Å². The number of hydrogen-bond donors (Lipinski definition) is 1.